The van der Waals surface area contributed by atoms with Crippen LogP contribution in [0.4, 0.5) is 22.0 Å². The third-order valence-electron chi connectivity index (χ3n) is 2.26. The summed E-state index contributed by atoms with van der Waals surface area (Å²) in [6.07, 6.45) is -8.51. The van der Waals surface area contributed by atoms with Crippen LogP contribution in [0.1, 0.15) is 30.2 Å². The summed E-state index contributed by atoms with van der Waals surface area (Å²) in [5.74, 6) is -0.797. The number of hydrogen-bond acceptors (Lipinski definition) is 3. The summed E-state index contributed by atoms with van der Waals surface area (Å²) in [4.78, 5) is 14.5. The maximum atomic E-state index is 12.9. The molecular formula is C11H9F5INO2. The molecule has 0 amide bonds. The second-order valence-corrected chi connectivity index (χ2v) is 4.67. The number of rotatable bonds is 4. The molecule has 20 heavy (non-hydrogen) atoms. The van der Waals surface area contributed by atoms with Crippen LogP contribution in [0.3, 0.4) is 0 Å². The van der Waals surface area contributed by atoms with Gasteiger partial charge in [-0.3, -0.25) is 4.79 Å². The highest BCUT2D eigenvalue weighted by Gasteiger charge is 2.35. The fraction of sp³-hybridized carbons (Fsp3) is 0.455. The Balaban J connectivity index is 3.27. The van der Waals surface area contributed by atoms with Gasteiger partial charge in [0.1, 0.15) is 9.39 Å². The first-order chi connectivity index (χ1) is 9.16. The molecule has 0 unspecified atom stereocenters. The van der Waals surface area contributed by atoms with Crippen molar-refractivity contribution in [3.8, 4) is 0 Å². The SMILES string of the molecule is CCOC(=O)Cc1c(C(F)F)cc(C(F)(F)F)nc1I. The van der Waals surface area contributed by atoms with Gasteiger partial charge in [0.2, 0.25) is 0 Å². The van der Waals surface area contributed by atoms with E-state index >= 15 is 0 Å². The topological polar surface area (TPSA) is 39.2 Å². The molecular weight excluding hydrogens is 400 g/mol. The summed E-state index contributed by atoms with van der Waals surface area (Å²) < 4.78 is 67.6. The molecule has 3 nitrogen and oxygen atoms in total. The standard InChI is InChI=1S/C11H9F5INO2/c1-2-20-8(19)4-6-5(9(12)13)3-7(11(14,15)16)18-10(6)17/h3,9H,2,4H2,1H3. The van der Waals surface area contributed by atoms with E-state index in [1.54, 1.807) is 0 Å². The lowest BCUT2D eigenvalue weighted by Crippen LogP contribution is -2.16. The van der Waals surface area contributed by atoms with Gasteiger partial charge in [-0.25, -0.2) is 13.8 Å². The van der Waals surface area contributed by atoms with Crippen molar-refractivity contribution in [2.24, 2.45) is 0 Å². The van der Waals surface area contributed by atoms with Crippen molar-refractivity contribution < 1.29 is 31.5 Å². The van der Waals surface area contributed by atoms with E-state index in [9.17, 15) is 26.7 Å². The first-order valence-corrected chi connectivity index (χ1v) is 6.45. The van der Waals surface area contributed by atoms with Crippen molar-refractivity contribution in [1.82, 2.24) is 4.98 Å². The number of hydrogen-bond donors (Lipinski definition) is 0. The molecule has 0 bridgehead atoms. The number of halogens is 6. The Kier molecular flexibility index (Phi) is 5.66. The van der Waals surface area contributed by atoms with Crippen LogP contribution in [-0.2, 0) is 22.1 Å². The molecule has 1 aromatic rings. The average Bonchev–Trinajstić information content (AvgIpc) is 2.30. The summed E-state index contributed by atoms with van der Waals surface area (Å²) in [7, 11) is 0. The minimum atomic E-state index is -4.83. The van der Waals surface area contributed by atoms with Crippen molar-refractivity contribution in [1.29, 1.82) is 0 Å². The Labute approximate surface area is 124 Å². The average molecular weight is 409 g/mol. The molecule has 0 aliphatic carbocycles. The highest BCUT2D eigenvalue weighted by atomic mass is 127. The number of nitrogens with zero attached hydrogens (tertiary/aromatic N) is 1. The number of carbonyl (C=O) groups is 1. The van der Waals surface area contributed by atoms with E-state index in [1.807, 2.05) is 0 Å². The Hall–Kier alpha value is -1.00. The van der Waals surface area contributed by atoms with Gasteiger partial charge in [0, 0.05) is 11.1 Å². The van der Waals surface area contributed by atoms with Crippen molar-refractivity contribution in [3.63, 3.8) is 0 Å². The molecule has 1 rings (SSSR count). The summed E-state index contributed by atoms with van der Waals surface area (Å²) >= 11 is 1.39. The van der Waals surface area contributed by atoms with Crippen LogP contribution in [-0.4, -0.2) is 17.6 Å². The Morgan fingerprint density at radius 2 is 2.05 bits per heavy atom. The molecule has 112 valence electrons. The molecule has 1 aromatic heterocycles. The number of alkyl halides is 5. The predicted molar refractivity (Wildman–Crippen MR) is 67.3 cm³/mol. The van der Waals surface area contributed by atoms with Crippen molar-refractivity contribution >= 4 is 28.6 Å². The number of ether oxygens (including phenoxy) is 1. The first kappa shape index (κ1) is 17.1. The van der Waals surface area contributed by atoms with Gasteiger partial charge in [-0.2, -0.15) is 13.2 Å². The largest absolute Gasteiger partial charge is 0.466 e. The summed E-state index contributed by atoms with van der Waals surface area (Å²) in [5.41, 5.74) is -2.51. The fourth-order valence-corrected chi connectivity index (χ4v) is 2.19. The van der Waals surface area contributed by atoms with Gasteiger partial charge < -0.3 is 4.74 Å². The summed E-state index contributed by atoms with van der Waals surface area (Å²) in [6.45, 7) is 1.58. The van der Waals surface area contributed by atoms with Crippen LogP contribution in [0.15, 0.2) is 6.07 Å². The lowest BCUT2D eigenvalue weighted by atomic mass is 10.1. The van der Waals surface area contributed by atoms with Gasteiger partial charge in [-0.15, -0.1) is 0 Å². The summed E-state index contributed by atoms with van der Waals surface area (Å²) in [6, 6.07) is 0.265. The lowest BCUT2D eigenvalue weighted by Gasteiger charge is -2.14. The first-order valence-electron chi connectivity index (χ1n) is 5.37. The van der Waals surface area contributed by atoms with E-state index in [0.29, 0.717) is 0 Å². The molecule has 9 heteroatoms. The highest BCUT2D eigenvalue weighted by molar-refractivity contribution is 14.1. The van der Waals surface area contributed by atoms with E-state index in [2.05, 4.69) is 9.72 Å². The van der Waals surface area contributed by atoms with E-state index < -0.39 is 36.2 Å². The fourth-order valence-electron chi connectivity index (χ4n) is 1.43. The molecule has 0 radical (unpaired) electrons. The predicted octanol–water partition coefficient (Wildman–Crippen LogP) is 3.75. The molecule has 0 saturated carbocycles. The molecule has 0 N–H and O–H groups in total. The molecule has 0 atom stereocenters. The zero-order valence-corrected chi connectivity index (χ0v) is 12.3. The van der Waals surface area contributed by atoms with Crippen molar-refractivity contribution in [3.05, 3.63) is 26.6 Å². The lowest BCUT2D eigenvalue weighted by molar-refractivity contribution is -0.142. The van der Waals surface area contributed by atoms with Gasteiger partial charge >= 0.3 is 12.1 Å². The molecule has 1 heterocycles. The minimum absolute atomic E-state index is 0.0491. The Morgan fingerprint density at radius 1 is 1.45 bits per heavy atom. The third-order valence-corrected chi connectivity index (χ3v) is 3.15. The van der Waals surface area contributed by atoms with Gasteiger partial charge in [-0.1, -0.05) is 0 Å². The molecule has 0 spiro atoms. The second kappa shape index (κ2) is 6.64. The van der Waals surface area contributed by atoms with Gasteiger partial charge in [0.05, 0.1) is 13.0 Å². The smallest absolute Gasteiger partial charge is 0.433 e. The van der Waals surface area contributed by atoms with Gasteiger partial charge in [-0.05, 0) is 35.6 Å². The Bertz CT molecular complexity index is 504. The van der Waals surface area contributed by atoms with Crippen LogP contribution in [0.2, 0.25) is 0 Å². The second-order valence-electron chi connectivity index (χ2n) is 3.65. The molecule has 0 aliphatic heterocycles. The number of esters is 1. The zero-order chi connectivity index (χ0) is 15.5. The van der Waals surface area contributed by atoms with Crippen molar-refractivity contribution in [2.45, 2.75) is 25.9 Å². The van der Waals surface area contributed by atoms with Crippen LogP contribution in [0, 0.1) is 3.70 Å². The molecule has 0 saturated heterocycles. The number of carbonyl (C=O) groups excluding carboxylic acids is 1. The monoisotopic (exact) mass is 409 g/mol. The van der Waals surface area contributed by atoms with Crippen LogP contribution < -0.4 is 0 Å². The maximum absolute atomic E-state index is 12.9. The normalized spacial score (nSPS) is 11.8. The van der Waals surface area contributed by atoms with Gasteiger partial charge in [0.25, 0.3) is 6.43 Å². The van der Waals surface area contributed by atoms with E-state index in [-0.39, 0.29) is 21.9 Å². The molecule has 0 aromatic carbocycles. The van der Waals surface area contributed by atoms with E-state index in [1.165, 1.54) is 29.5 Å². The zero-order valence-electron chi connectivity index (χ0n) is 10.1. The van der Waals surface area contributed by atoms with Crippen molar-refractivity contribution in [2.75, 3.05) is 6.61 Å². The Morgan fingerprint density at radius 3 is 2.50 bits per heavy atom. The quantitative estimate of drug-likeness (QED) is 0.329. The highest BCUT2D eigenvalue weighted by Crippen LogP contribution is 2.34. The number of aromatic nitrogens is 1. The van der Waals surface area contributed by atoms with Crippen LogP contribution in [0.25, 0.3) is 0 Å². The van der Waals surface area contributed by atoms with Crippen LogP contribution in [0.5, 0.6) is 0 Å². The third kappa shape index (κ3) is 4.25. The maximum Gasteiger partial charge on any atom is 0.433 e. The summed E-state index contributed by atoms with van der Waals surface area (Å²) in [5, 5.41) is 0. The van der Waals surface area contributed by atoms with Gasteiger partial charge in [0.15, 0.2) is 0 Å². The van der Waals surface area contributed by atoms with E-state index in [4.69, 9.17) is 0 Å². The number of pyridine rings is 1. The molecule has 0 aliphatic rings. The minimum Gasteiger partial charge on any atom is -0.466 e. The van der Waals surface area contributed by atoms with Crippen LogP contribution >= 0.6 is 22.6 Å². The van der Waals surface area contributed by atoms with E-state index in [0.717, 1.165) is 0 Å². The molecule has 0 fully saturated rings.